The third-order valence-electron chi connectivity index (χ3n) is 3.45. The molecular formula is C17H22N4O2. The van der Waals surface area contributed by atoms with Crippen LogP contribution in [-0.2, 0) is 4.79 Å². The number of oxazole rings is 1. The maximum Gasteiger partial charge on any atom is 0.297 e. The van der Waals surface area contributed by atoms with Gasteiger partial charge < -0.3 is 14.2 Å². The van der Waals surface area contributed by atoms with Crippen molar-refractivity contribution in [1.29, 1.82) is 0 Å². The van der Waals surface area contributed by atoms with Crippen LogP contribution < -0.4 is 4.90 Å². The topological polar surface area (TPSA) is 62.5 Å². The van der Waals surface area contributed by atoms with Gasteiger partial charge in [0, 0.05) is 51.1 Å². The minimum absolute atomic E-state index is 0.120. The van der Waals surface area contributed by atoms with Crippen LogP contribution in [0.25, 0.3) is 11.3 Å². The molecule has 0 N–H and O–H groups in total. The first-order chi connectivity index (χ1) is 11.2. The fourth-order valence-corrected chi connectivity index (χ4v) is 2.27. The van der Waals surface area contributed by atoms with Gasteiger partial charge in [0.25, 0.3) is 6.01 Å². The van der Waals surface area contributed by atoms with Crippen LogP contribution in [0.2, 0.25) is 0 Å². The molecule has 1 fully saturated rings. The highest BCUT2D eigenvalue weighted by molar-refractivity contribution is 5.73. The SMILES string of the molecule is C=CC.CC(=O)N1CCN(c2ncc(-c3ccncc3)o2)CC1. The van der Waals surface area contributed by atoms with Gasteiger partial charge in [-0.3, -0.25) is 9.78 Å². The van der Waals surface area contributed by atoms with E-state index in [-0.39, 0.29) is 5.91 Å². The van der Waals surface area contributed by atoms with Crippen LogP contribution in [0, 0.1) is 0 Å². The lowest BCUT2D eigenvalue weighted by atomic mass is 10.2. The second-order valence-corrected chi connectivity index (χ2v) is 5.14. The molecule has 0 saturated carbocycles. The molecule has 0 bridgehead atoms. The van der Waals surface area contributed by atoms with Crippen LogP contribution >= 0.6 is 0 Å². The van der Waals surface area contributed by atoms with Crippen LogP contribution in [0.3, 0.4) is 0 Å². The van der Waals surface area contributed by atoms with Gasteiger partial charge in [0.15, 0.2) is 5.76 Å². The number of nitrogens with zero attached hydrogens (tertiary/aromatic N) is 4. The number of rotatable bonds is 2. The molecule has 122 valence electrons. The van der Waals surface area contributed by atoms with Gasteiger partial charge >= 0.3 is 0 Å². The molecule has 3 heterocycles. The quantitative estimate of drug-likeness (QED) is 0.797. The summed E-state index contributed by atoms with van der Waals surface area (Å²) in [6.45, 7) is 9.76. The van der Waals surface area contributed by atoms with E-state index in [1.807, 2.05) is 24.0 Å². The first kappa shape index (κ1) is 16.7. The predicted octanol–water partition coefficient (Wildman–Crippen LogP) is 2.60. The number of anilines is 1. The van der Waals surface area contributed by atoms with Crippen LogP contribution in [-0.4, -0.2) is 47.0 Å². The minimum Gasteiger partial charge on any atom is -0.423 e. The Morgan fingerprint density at radius 2 is 1.87 bits per heavy atom. The Bertz CT molecular complexity index is 631. The van der Waals surface area contributed by atoms with Crippen molar-refractivity contribution in [3.05, 3.63) is 43.4 Å². The number of carbonyl (C=O) groups is 1. The summed E-state index contributed by atoms with van der Waals surface area (Å²) in [7, 11) is 0. The Hall–Kier alpha value is -2.63. The summed E-state index contributed by atoms with van der Waals surface area (Å²) in [5.74, 6) is 0.853. The number of pyridine rings is 1. The molecule has 0 aliphatic carbocycles. The molecule has 0 atom stereocenters. The minimum atomic E-state index is 0.120. The molecule has 2 aromatic rings. The van der Waals surface area contributed by atoms with Crippen molar-refractivity contribution in [2.45, 2.75) is 13.8 Å². The third kappa shape index (κ3) is 4.42. The Balaban J connectivity index is 0.000000595. The Labute approximate surface area is 136 Å². The first-order valence-corrected chi connectivity index (χ1v) is 7.59. The van der Waals surface area contributed by atoms with Crippen molar-refractivity contribution < 1.29 is 9.21 Å². The molecule has 1 aliphatic rings. The maximum absolute atomic E-state index is 11.3. The molecule has 2 aromatic heterocycles. The van der Waals surface area contributed by atoms with E-state index < -0.39 is 0 Å². The number of amides is 1. The average Bonchev–Trinajstić information content (AvgIpc) is 3.06. The summed E-state index contributed by atoms with van der Waals surface area (Å²) in [6.07, 6.45) is 6.92. The van der Waals surface area contributed by atoms with Crippen LogP contribution in [0.1, 0.15) is 13.8 Å². The van der Waals surface area contributed by atoms with E-state index in [4.69, 9.17) is 4.42 Å². The molecule has 1 saturated heterocycles. The van der Waals surface area contributed by atoms with Gasteiger partial charge in [0.05, 0.1) is 6.20 Å². The number of piperazine rings is 1. The highest BCUT2D eigenvalue weighted by Crippen LogP contribution is 2.24. The molecule has 0 unspecified atom stereocenters. The van der Waals surface area contributed by atoms with Crippen molar-refractivity contribution in [3.63, 3.8) is 0 Å². The number of carbonyl (C=O) groups excluding carboxylic acids is 1. The van der Waals surface area contributed by atoms with E-state index >= 15 is 0 Å². The second-order valence-electron chi connectivity index (χ2n) is 5.14. The molecule has 0 radical (unpaired) electrons. The Morgan fingerprint density at radius 3 is 2.43 bits per heavy atom. The predicted molar refractivity (Wildman–Crippen MR) is 90.1 cm³/mol. The molecule has 0 spiro atoms. The van der Waals surface area contributed by atoms with Gasteiger partial charge in [0.1, 0.15) is 0 Å². The van der Waals surface area contributed by atoms with Crippen LogP contribution in [0.15, 0.2) is 47.8 Å². The van der Waals surface area contributed by atoms with Crippen molar-refractivity contribution in [3.8, 4) is 11.3 Å². The smallest absolute Gasteiger partial charge is 0.297 e. The number of hydrogen-bond donors (Lipinski definition) is 0. The maximum atomic E-state index is 11.3. The highest BCUT2D eigenvalue weighted by Gasteiger charge is 2.21. The van der Waals surface area contributed by atoms with Gasteiger partial charge in [-0.05, 0) is 19.1 Å². The molecular weight excluding hydrogens is 292 g/mol. The summed E-state index contributed by atoms with van der Waals surface area (Å²) >= 11 is 0. The van der Waals surface area contributed by atoms with E-state index in [0.717, 1.165) is 24.4 Å². The summed E-state index contributed by atoms with van der Waals surface area (Å²) in [6, 6.07) is 4.38. The molecule has 23 heavy (non-hydrogen) atoms. The van der Waals surface area contributed by atoms with Crippen molar-refractivity contribution in [1.82, 2.24) is 14.9 Å². The monoisotopic (exact) mass is 314 g/mol. The molecule has 1 aliphatic heterocycles. The lowest BCUT2D eigenvalue weighted by molar-refractivity contribution is -0.129. The van der Waals surface area contributed by atoms with E-state index in [1.54, 1.807) is 31.6 Å². The Kier molecular flexibility index (Phi) is 5.91. The molecule has 0 aromatic carbocycles. The fraction of sp³-hybridized carbons (Fsp3) is 0.353. The van der Waals surface area contributed by atoms with Crippen LogP contribution in [0.5, 0.6) is 0 Å². The highest BCUT2D eigenvalue weighted by atomic mass is 16.4. The standard InChI is InChI=1S/C14H16N4O2.C3H6/c1-11(19)17-6-8-18(9-7-17)14-16-10-13(20-14)12-2-4-15-5-3-12;1-3-2/h2-5,10H,6-9H2,1H3;3H,1H2,2H3. The molecule has 3 rings (SSSR count). The van der Waals surface area contributed by atoms with Crippen LogP contribution in [0.4, 0.5) is 6.01 Å². The van der Waals surface area contributed by atoms with Gasteiger partial charge in [-0.15, -0.1) is 6.58 Å². The van der Waals surface area contributed by atoms with E-state index in [1.165, 1.54) is 0 Å². The molecule has 6 nitrogen and oxygen atoms in total. The first-order valence-electron chi connectivity index (χ1n) is 7.59. The molecule has 1 amide bonds. The lowest BCUT2D eigenvalue weighted by Crippen LogP contribution is -2.48. The zero-order valence-corrected chi connectivity index (χ0v) is 13.6. The summed E-state index contributed by atoms with van der Waals surface area (Å²) in [5, 5.41) is 0. The average molecular weight is 314 g/mol. The van der Waals surface area contributed by atoms with Crippen molar-refractivity contribution in [2.75, 3.05) is 31.1 Å². The zero-order valence-electron chi connectivity index (χ0n) is 13.6. The van der Waals surface area contributed by atoms with Gasteiger partial charge in [-0.25, -0.2) is 4.98 Å². The van der Waals surface area contributed by atoms with Crippen molar-refractivity contribution in [2.24, 2.45) is 0 Å². The van der Waals surface area contributed by atoms with Gasteiger partial charge in [-0.1, -0.05) is 6.08 Å². The number of hydrogen-bond acceptors (Lipinski definition) is 5. The van der Waals surface area contributed by atoms with Crippen molar-refractivity contribution >= 4 is 11.9 Å². The van der Waals surface area contributed by atoms with E-state index in [2.05, 4.69) is 21.4 Å². The largest absolute Gasteiger partial charge is 0.423 e. The van der Waals surface area contributed by atoms with E-state index in [9.17, 15) is 4.79 Å². The fourth-order valence-electron chi connectivity index (χ4n) is 2.27. The summed E-state index contributed by atoms with van der Waals surface area (Å²) in [5.41, 5.74) is 0.959. The third-order valence-corrected chi connectivity index (χ3v) is 3.45. The number of allylic oxidation sites excluding steroid dienone is 1. The summed E-state index contributed by atoms with van der Waals surface area (Å²) in [4.78, 5) is 23.5. The van der Waals surface area contributed by atoms with E-state index in [0.29, 0.717) is 19.1 Å². The zero-order chi connectivity index (χ0) is 16.7. The van der Waals surface area contributed by atoms with Gasteiger partial charge in [-0.2, -0.15) is 0 Å². The molecule has 6 heteroatoms. The van der Waals surface area contributed by atoms with Gasteiger partial charge in [0.2, 0.25) is 5.91 Å². The second kappa shape index (κ2) is 8.12. The lowest BCUT2D eigenvalue weighted by Gasteiger charge is -2.33. The number of aromatic nitrogens is 2. The Morgan fingerprint density at radius 1 is 1.26 bits per heavy atom. The normalized spacial score (nSPS) is 14.0. The summed E-state index contributed by atoms with van der Waals surface area (Å²) < 4.78 is 5.79.